The Kier molecular flexibility index (Phi) is 1.04. The van der Waals surface area contributed by atoms with Gasteiger partial charge in [-0.2, -0.15) is 0 Å². The molecule has 0 radical (unpaired) electrons. The van der Waals surface area contributed by atoms with Gasteiger partial charge in [-0.15, -0.1) is 6.42 Å². The van der Waals surface area contributed by atoms with Crippen LogP contribution in [0, 0.1) is 12.3 Å². The van der Waals surface area contributed by atoms with E-state index in [1.807, 2.05) is 0 Å². The molecule has 0 N–H and O–H groups in total. The number of terminal acetylenes is 1. The van der Waals surface area contributed by atoms with Crippen LogP contribution in [0.3, 0.4) is 0 Å². The first kappa shape index (κ1) is 5.55. The largest absolute Gasteiger partial charge is 0.322 e. The fraction of sp³-hybridized carbons (Fsp3) is 0.375. The minimum absolute atomic E-state index is 0.924. The van der Waals surface area contributed by atoms with Crippen LogP contribution in [0.5, 0.6) is 0 Å². The Morgan fingerprint density at radius 2 is 2.60 bits per heavy atom. The second-order valence-corrected chi connectivity index (χ2v) is 2.46. The smallest absolute Gasteiger partial charge is 0.112 e. The number of imidazole rings is 1. The molecular formula is C8H8N2. The summed E-state index contributed by atoms with van der Waals surface area (Å²) in [7, 11) is 0. The van der Waals surface area contributed by atoms with Gasteiger partial charge in [0.25, 0.3) is 0 Å². The van der Waals surface area contributed by atoms with Crippen LogP contribution in [0.25, 0.3) is 0 Å². The zero-order valence-corrected chi connectivity index (χ0v) is 5.67. The average Bonchev–Trinajstić information content (AvgIpc) is 2.44. The van der Waals surface area contributed by atoms with Crippen molar-refractivity contribution in [3.05, 3.63) is 17.7 Å². The molecule has 1 aromatic rings. The van der Waals surface area contributed by atoms with Gasteiger partial charge in [-0.25, -0.2) is 4.98 Å². The summed E-state index contributed by atoms with van der Waals surface area (Å²) < 4.78 is 2.11. The number of hydrogen-bond acceptors (Lipinski definition) is 1. The van der Waals surface area contributed by atoms with Crippen LogP contribution in [0.4, 0.5) is 0 Å². The molecule has 1 aliphatic heterocycles. The Labute approximate surface area is 59.9 Å². The summed E-state index contributed by atoms with van der Waals surface area (Å²) in [5, 5.41) is 0. The molecule has 10 heavy (non-hydrogen) atoms. The van der Waals surface area contributed by atoms with Crippen LogP contribution in [0.2, 0.25) is 0 Å². The molecule has 0 amide bonds. The number of nitrogens with zero attached hydrogens (tertiary/aromatic N) is 2. The zero-order valence-electron chi connectivity index (χ0n) is 5.67. The Hall–Kier alpha value is -1.23. The van der Waals surface area contributed by atoms with E-state index in [0.717, 1.165) is 24.5 Å². The SMILES string of the molecule is C#Cc1cnc2n1CCC2. The van der Waals surface area contributed by atoms with E-state index in [1.54, 1.807) is 6.20 Å². The van der Waals surface area contributed by atoms with Crippen molar-refractivity contribution in [1.29, 1.82) is 0 Å². The molecule has 2 heteroatoms. The third-order valence-corrected chi connectivity index (χ3v) is 1.87. The third kappa shape index (κ3) is 0.577. The van der Waals surface area contributed by atoms with E-state index in [2.05, 4.69) is 15.5 Å². The molecule has 0 aliphatic carbocycles. The van der Waals surface area contributed by atoms with Crippen LogP contribution in [0.15, 0.2) is 6.20 Å². The second kappa shape index (κ2) is 1.88. The maximum absolute atomic E-state index is 5.26. The molecule has 2 nitrogen and oxygen atoms in total. The van der Waals surface area contributed by atoms with Gasteiger partial charge in [0, 0.05) is 13.0 Å². The molecule has 0 unspecified atom stereocenters. The summed E-state index contributed by atoms with van der Waals surface area (Å²) in [6, 6.07) is 0. The molecule has 1 aliphatic rings. The van der Waals surface area contributed by atoms with Crippen LogP contribution in [-0.2, 0) is 13.0 Å². The molecule has 0 aromatic carbocycles. The highest BCUT2D eigenvalue weighted by Crippen LogP contribution is 2.14. The lowest BCUT2D eigenvalue weighted by atomic mass is 10.4. The molecule has 0 fully saturated rings. The van der Waals surface area contributed by atoms with Gasteiger partial charge in [0.05, 0.1) is 6.20 Å². The topological polar surface area (TPSA) is 17.8 Å². The molecule has 0 bridgehead atoms. The van der Waals surface area contributed by atoms with Crippen LogP contribution in [-0.4, -0.2) is 9.55 Å². The van der Waals surface area contributed by atoms with E-state index < -0.39 is 0 Å². The van der Waals surface area contributed by atoms with Crippen molar-refractivity contribution in [3.8, 4) is 12.3 Å². The first-order valence-corrected chi connectivity index (χ1v) is 3.43. The first-order chi connectivity index (χ1) is 4.92. The van der Waals surface area contributed by atoms with E-state index >= 15 is 0 Å². The fourth-order valence-corrected chi connectivity index (χ4v) is 1.37. The predicted octanol–water partition coefficient (Wildman–Crippen LogP) is 0.811. The van der Waals surface area contributed by atoms with Gasteiger partial charge in [-0.3, -0.25) is 0 Å². The minimum atomic E-state index is 0.924. The molecule has 0 saturated heterocycles. The number of aromatic nitrogens is 2. The van der Waals surface area contributed by atoms with Gasteiger partial charge in [0.15, 0.2) is 0 Å². The highest BCUT2D eigenvalue weighted by Gasteiger charge is 2.13. The molecule has 1 aromatic heterocycles. The summed E-state index contributed by atoms with van der Waals surface area (Å²) in [5.74, 6) is 3.75. The monoisotopic (exact) mass is 132 g/mol. The van der Waals surface area contributed by atoms with Crippen molar-refractivity contribution in [2.24, 2.45) is 0 Å². The van der Waals surface area contributed by atoms with Gasteiger partial charge in [-0.05, 0) is 6.42 Å². The highest BCUT2D eigenvalue weighted by molar-refractivity contribution is 5.25. The lowest BCUT2D eigenvalue weighted by molar-refractivity contribution is 0.742. The van der Waals surface area contributed by atoms with Crippen LogP contribution in [0.1, 0.15) is 17.9 Å². The van der Waals surface area contributed by atoms with E-state index in [9.17, 15) is 0 Å². The van der Waals surface area contributed by atoms with Crippen molar-refractivity contribution in [3.63, 3.8) is 0 Å². The number of aryl methyl sites for hydroxylation is 1. The van der Waals surface area contributed by atoms with Crippen molar-refractivity contribution in [1.82, 2.24) is 9.55 Å². The Morgan fingerprint density at radius 3 is 3.40 bits per heavy atom. The predicted molar refractivity (Wildman–Crippen MR) is 38.5 cm³/mol. The summed E-state index contributed by atoms with van der Waals surface area (Å²) in [4.78, 5) is 4.19. The van der Waals surface area contributed by atoms with Gasteiger partial charge < -0.3 is 4.57 Å². The van der Waals surface area contributed by atoms with E-state index in [1.165, 1.54) is 6.42 Å². The van der Waals surface area contributed by atoms with Gasteiger partial charge in [0.2, 0.25) is 0 Å². The number of hydrogen-bond donors (Lipinski definition) is 0. The van der Waals surface area contributed by atoms with Crippen LogP contribution >= 0.6 is 0 Å². The Morgan fingerprint density at radius 1 is 1.70 bits per heavy atom. The summed E-state index contributed by atoms with van der Waals surface area (Å²) in [6.07, 6.45) is 9.31. The number of rotatable bonds is 0. The fourth-order valence-electron chi connectivity index (χ4n) is 1.37. The summed E-state index contributed by atoms with van der Waals surface area (Å²) in [6.45, 7) is 1.05. The maximum Gasteiger partial charge on any atom is 0.112 e. The molecule has 0 atom stereocenters. The van der Waals surface area contributed by atoms with Gasteiger partial charge >= 0.3 is 0 Å². The molecule has 0 spiro atoms. The average molecular weight is 132 g/mol. The molecular weight excluding hydrogens is 124 g/mol. The quantitative estimate of drug-likeness (QED) is 0.478. The van der Waals surface area contributed by atoms with Crippen molar-refractivity contribution in [2.45, 2.75) is 19.4 Å². The first-order valence-electron chi connectivity index (χ1n) is 3.43. The van der Waals surface area contributed by atoms with Crippen molar-refractivity contribution in [2.75, 3.05) is 0 Å². The summed E-state index contributed by atoms with van der Waals surface area (Å²) >= 11 is 0. The molecule has 50 valence electrons. The standard InChI is InChI=1S/C8H8N2/c1-2-7-6-9-8-4-3-5-10(7)8/h1,6H,3-5H2. The van der Waals surface area contributed by atoms with Crippen molar-refractivity contribution >= 4 is 0 Å². The summed E-state index contributed by atoms with van der Waals surface area (Å²) in [5.41, 5.74) is 0.924. The van der Waals surface area contributed by atoms with E-state index in [-0.39, 0.29) is 0 Å². The highest BCUT2D eigenvalue weighted by atomic mass is 15.1. The minimum Gasteiger partial charge on any atom is -0.322 e. The molecule has 2 rings (SSSR count). The third-order valence-electron chi connectivity index (χ3n) is 1.87. The lowest BCUT2D eigenvalue weighted by Gasteiger charge is -1.94. The van der Waals surface area contributed by atoms with Crippen LogP contribution < -0.4 is 0 Å². The zero-order chi connectivity index (χ0) is 6.97. The van der Waals surface area contributed by atoms with E-state index in [4.69, 9.17) is 6.42 Å². The molecule has 0 saturated carbocycles. The Bertz CT molecular complexity index is 291. The van der Waals surface area contributed by atoms with E-state index in [0.29, 0.717) is 0 Å². The second-order valence-electron chi connectivity index (χ2n) is 2.46. The van der Waals surface area contributed by atoms with Crippen molar-refractivity contribution < 1.29 is 0 Å². The van der Waals surface area contributed by atoms with Gasteiger partial charge in [0.1, 0.15) is 11.5 Å². The molecule has 2 heterocycles. The lowest BCUT2D eigenvalue weighted by Crippen LogP contribution is -1.94. The Balaban J connectivity index is 2.57. The van der Waals surface area contributed by atoms with Gasteiger partial charge in [-0.1, -0.05) is 5.92 Å². The normalized spacial score (nSPS) is 14.7. The maximum atomic E-state index is 5.26. The number of fused-ring (bicyclic) bond motifs is 1.